The van der Waals surface area contributed by atoms with Crippen LogP contribution in [0.25, 0.3) is 0 Å². The van der Waals surface area contributed by atoms with E-state index in [9.17, 15) is 4.79 Å². The van der Waals surface area contributed by atoms with Gasteiger partial charge in [0, 0.05) is 6.04 Å². The molecule has 1 aliphatic heterocycles. The molecule has 0 spiro atoms. The molecule has 2 rings (SSSR count). The Morgan fingerprint density at radius 1 is 1.32 bits per heavy atom. The van der Waals surface area contributed by atoms with Gasteiger partial charge in [0.1, 0.15) is 0 Å². The molecule has 1 aromatic carbocycles. The van der Waals surface area contributed by atoms with Crippen LogP contribution >= 0.6 is 23.2 Å². The summed E-state index contributed by atoms with van der Waals surface area (Å²) in [6.45, 7) is 2.08. The Kier molecular flexibility index (Phi) is 5.08. The molecule has 1 saturated heterocycles. The number of hydrogen-bond acceptors (Lipinski definition) is 2. The van der Waals surface area contributed by atoms with Gasteiger partial charge in [-0.1, -0.05) is 29.3 Å². The van der Waals surface area contributed by atoms with E-state index in [-0.39, 0.29) is 5.91 Å². The molecule has 3 nitrogen and oxygen atoms in total. The van der Waals surface area contributed by atoms with Crippen LogP contribution in [0.1, 0.15) is 18.4 Å². The lowest BCUT2D eigenvalue weighted by Gasteiger charge is -2.29. The minimum atomic E-state index is 0.0490. The van der Waals surface area contributed by atoms with Gasteiger partial charge in [-0.2, -0.15) is 0 Å². The molecule has 19 heavy (non-hydrogen) atoms. The van der Waals surface area contributed by atoms with Gasteiger partial charge in [-0.15, -0.1) is 0 Å². The van der Waals surface area contributed by atoms with E-state index in [2.05, 4.69) is 17.3 Å². The van der Waals surface area contributed by atoms with Crippen LogP contribution in [0.15, 0.2) is 18.2 Å². The Morgan fingerprint density at radius 2 is 2.00 bits per heavy atom. The number of piperidine rings is 1. The molecule has 0 aromatic heterocycles. The number of nitrogens with zero attached hydrogens (tertiary/aromatic N) is 1. The highest BCUT2D eigenvalue weighted by Crippen LogP contribution is 2.22. The van der Waals surface area contributed by atoms with E-state index in [1.54, 1.807) is 12.1 Å². The number of carbonyl (C=O) groups is 1. The van der Waals surface area contributed by atoms with Gasteiger partial charge in [0.05, 0.1) is 16.5 Å². The van der Waals surface area contributed by atoms with Crippen LogP contribution in [-0.4, -0.2) is 37.0 Å². The number of rotatable bonds is 3. The molecule has 0 unspecified atom stereocenters. The summed E-state index contributed by atoms with van der Waals surface area (Å²) in [6, 6.07) is 5.61. The highest BCUT2D eigenvalue weighted by atomic mass is 35.5. The molecule has 5 heteroatoms. The summed E-state index contributed by atoms with van der Waals surface area (Å²) in [5.41, 5.74) is 0.889. The summed E-state index contributed by atoms with van der Waals surface area (Å²) < 4.78 is 0. The smallest absolute Gasteiger partial charge is 0.224 e. The van der Waals surface area contributed by atoms with Crippen LogP contribution < -0.4 is 5.32 Å². The summed E-state index contributed by atoms with van der Waals surface area (Å²) >= 11 is 11.8. The van der Waals surface area contributed by atoms with Gasteiger partial charge in [-0.25, -0.2) is 0 Å². The van der Waals surface area contributed by atoms with Crippen molar-refractivity contribution in [2.45, 2.75) is 25.3 Å². The lowest BCUT2D eigenvalue weighted by atomic mass is 10.0. The second kappa shape index (κ2) is 6.60. The predicted molar refractivity (Wildman–Crippen MR) is 78.8 cm³/mol. The van der Waals surface area contributed by atoms with Gasteiger partial charge in [0.25, 0.3) is 0 Å². The number of amides is 1. The van der Waals surface area contributed by atoms with E-state index in [0.29, 0.717) is 22.5 Å². The zero-order valence-electron chi connectivity index (χ0n) is 11.0. The molecular weight excluding hydrogens is 283 g/mol. The normalized spacial score (nSPS) is 17.4. The lowest BCUT2D eigenvalue weighted by Crippen LogP contribution is -2.43. The highest BCUT2D eigenvalue weighted by Gasteiger charge is 2.18. The largest absolute Gasteiger partial charge is 0.353 e. The Bertz CT molecular complexity index is 457. The number of carbonyl (C=O) groups excluding carboxylic acids is 1. The Hall–Kier alpha value is -0.770. The minimum Gasteiger partial charge on any atom is -0.353 e. The average molecular weight is 301 g/mol. The fourth-order valence-corrected chi connectivity index (χ4v) is 2.59. The molecule has 1 fully saturated rings. The first-order valence-corrected chi connectivity index (χ1v) is 7.22. The maximum atomic E-state index is 12.0. The van der Waals surface area contributed by atoms with Crippen molar-refractivity contribution in [2.24, 2.45) is 0 Å². The molecule has 1 N–H and O–H groups in total. The first-order valence-electron chi connectivity index (χ1n) is 6.46. The maximum absolute atomic E-state index is 12.0. The molecule has 1 heterocycles. The highest BCUT2D eigenvalue weighted by molar-refractivity contribution is 6.42. The van der Waals surface area contributed by atoms with Gasteiger partial charge < -0.3 is 10.2 Å². The van der Waals surface area contributed by atoms with Crippen LogP contribution in [-0.2, 0) is 11.2 Å². The summed E-state index contributed by atoms with van der Waals surface area (Å²) in [5, 5.41) is 4.09. The zero-order valence-corrected chi connectivity index (χ0v) is 12.5. The zero-order chi connectivity index (χ0) is 13.8. The number of benzene rings is 1. The number of halogens is 2. The minimum absolute atomic E-state index is 0.0490. The summed E-state index contributed by atoms with van der Waals surface area (Å²) in [5.74, 6) is 0.0490. The predicted octanol–water partition coefficient (Wildman–Crippen LogP) is 2.75. The molecule has 1 aliphatic rings. The van der Waals surface area contributed by atoms with Crippen molar-refractivity contribution in [1.82, 2.24) is 10.2 Å². The molecule has 1 amide bonds. The third-order valence-corrected chi connectivity index (χ3v) is 4.17. The summed E-state index contributed by atoms with van der Waals surface area (Å²) in [6.07, 6.45) is 2.39. The molecule has 104 valence electrons. The van der Waals surface area contributed by atoms with E-state index in [0.717, 1.165) is 31.5 Å². The maximum Gasteiger partial charge on any atom is 0.224 e. The molecule has 0 radical (unpaired) electrons. The van der Waals surface area contributed by atoms with Crippen LogP contribution in [0.3, 0.4) is 0 Å². The van der Waals surface area contributed by atoms with E-state index in [4.69, 9.17) is 23.2 Å². The number of nitrogens with one attached hydrogen (secondary N) is 1. The fraction of sp³-hybridized carbons (Fsp3) is 0.500. The second-order valence-electron chi connectivity index (χ2n) is 5.07. The first-order chi connectivity index (χ1) is 9.04. The van der Waals surface area contributed by atoms with Gasteiger partial charge >= 0.3 is 0 Å². The van der Waals surface area contributed by atoms with Gasteiger partial charge in [-0.3, -0.25) is 4.79 Å². The van der Waals surface area contributed by atoms with Crippen molar-refractivity contribution >= 4 is 29.1 Å². The molecule has 0 bridgehead atoms. The van der Waals surface area contributed by atoms with Crippen molar-refractivity contribution in [2.75, 3.05) is 20.1 Å². The van der Waals surface area contributed by atoms with Gasteiger partial charge in [0.15, 0.2) is 0 Å². The first kappa shape index (κ1) is 14.6. The van der Waals surface area contributed by atoms with Gasteiger partial charge in [0.2, 0.25) is 5.91 Å². The third kappa shape index (κ3) is 4.37. The van der Waals surface area contributed by atoms with E-state index < -0.39 is 0 Å². The van der Waals surface area contributed by atoms with Crippen molar-refractivity contribution in [1.29, 1.82) is 0 Å². The van der Waals surface area contributed by atoms with Crippen molar-refractivity contribution < 1.29 is 4.79 Å². The Labute approximate surface area is 123 Å². The summed E-state index contributed by atoms with van der Waals surface area (Å²) in [4.78, 5) is 14.2. The monoisotopic (exact) mass is 300 g/mol. The van der Waals surface area contributed by atoms with E-state index >= 15 is 0 Å². The molecule has 0 atom stereocenters. The van der Waals surface area contributed by atoms with Crippen molar-refractivity contribution in [3.05, 3.63) is 33.8 Å². The third-order valence-electron chi connectivity index (χ3n) is 3.43. The second-order valence-corrected chi connectivity index (χ2v) is 5.88. The molecular formula is C14H18Cl2N2O. The van der Waals surface area contributed by atoms with E-state index in [1.807, 2.05) is 6.07 Å². The van der Waals surface area contributed by atoms with Crippen molar-refractivity contribution in [3.63, 3.8) is 0 Å². The SMILES string of the molecule is CN1CCC(NC(=O)Cc2ccc(Cl)c(Cl)c2)CC1. The Morgan fingerprint density at radius 3 is 2.63 bits per heavy atom. The standard InChI is InChI=1S/C14H18Cl2N2O/c1-18-6-4-11(5-7-18)17-14(19)9-10-2-3-12(15)13(16)8-10/h2-3,8,11H,4-7,9H2,1H3,(H,17,19). The van der Waals surface area contributed by atoms with Crippen LogP contribution in [0.5, 0.6) is 0 Å². The van der Waals surface area contributed by atoms with Crippen LogP contribution in [0, 0.1) is 0 Å². The fourth-order valence-electron chi connectivity index (χ4n) is 2.27. The van der Waals surface area contributed by atoms with Crippen molar-refractivity contribution in [3.8, 4) is 0 Å². The molecule has 0 aliphatic carbocycles. The van der Waals surface area contributed by atoms with Gasteiger partial charge in [-0.05, 0) is 50.7 Å². The van der Waals surface area contributed by atoms with Crippen LogP contribution in [0.4, 0.5) is 0 Å². The average Bonchev–Trinajstić information content (AvgIpc) is 2.37. The number of likely N-dealkylation sites (tertiary alicyclic amines) is 1. The Balaban J connectivity index is 1.85. The molecule has 0 saturated carbocycles. The lowest BCUT2D eigenvalue weighted by molar-refractivity contribution is -0.121. The number of hydrogen-bond donors (Lipinski definition) is 1. The topological polar surface area (TPSA) is 32.3 Å². The molecule has 1 aromatic rings. The quantitative estimate of drug-likeness (QED) is 0.931. The van der Waals surface area contributed by atoms with Crippen LogP contribution in [0.2, 0.25) is 10.0 Å². The van der Waals surface area contributed by atoms with E-state index in [1.165, 1.54) is 0 Å². The summed E-state index contributed by atoms with van der Waals surface area (Å²) in [7, 11) is 2.10.